The first kappa shape index (κ1) is 33.7. The summed E-state index contributed by atoms with van der Waals surface area (Å²) >= 11 is 0. The Bertz CT molecular complexity index is 1710. The van der Waals surface area contributed by atoms with Crippen LogP contribution in [-0.2, 0) is 28.8 Å². The summed E-state index contributed by atoms with van der Waals surface area (Å²) in [5.41, 5.74) is 7.90. The molecule has 0 amide bonds. The average molecular weight is 630 g/mol. The van der Waals surface area contributed by atoms with Crippen LogP contribution in [0.25, 0.3) is 5.52 Å². The smallest absolute Gasteiger partial charge is 0.305 e. The van der Waals surface area contributed by atoms with Gasteiger partial charge in [0.25, 0.3) is 0 Å². The minimum absolute atomic E-state index is 0.0464. The lowest BCUT2D eigenvalue weighted by Crippen LogP contribution is -2.10. The van der Waals surface area contributed by atoms with Crippen molar-refractivity contribution in [3.8, 4) is 5.75 Å². The highest BCUT2D eigenvalue weighted by molar-refractivity contribution is 6.13. The Morgan fingerprint density at radius 2 is 1.34 bits per heavy atom. The van der Waals surface area contributed by atoms with E-state index < -0.39 is 0 Å². The number of rotatable bonds is 15. The van der Waals surface area contributed by atoms with Crippen molar-refractivity contribution >= 4 is 17.3 Å². The molecule has 0 unspecified atom stereocenters. The van der Waals surface area contributed by atoms with Crippen LogP contribution < -0.4 is 4.74 Å². The van der Waals surface area contributed by atoms with Crippen LogP contribution in [0.4, 0.5) is 0 Å². The first-order chi connectivity index (χ1) is 22.7. The predicted octanol–water partition coefficient (Wildman–Crippen LogP) is 9.62. The van der Waals surface area contributed by atoms with Crippen LogP contribution in [0.1, 0.15) is 97.4 Å². The molecule has 5 aromatic rings. The molecule has 5 heteroatoms. The van der Waals surface area contributed by atoms with Crippen molar-refractivity contribution in [1.82, 2.24) is 4.40 Å². The minimum Gasteiger partial charge on any atom is -0.481 e. The van der Waals surface area contributed by atoms with Crippen LogP contribution in [0.5, 0.6) is 5.75 Å². The van der Waals surface area contributed by atoms with Crippen molar-refractivity contribution in [2.45, 2.75) is 72.8 Å². The number of aromatic nitrogens is 1. The molecular weight excluding hydrogens is 582 g/mol. The molecule has 0 fully saturated rings. The highest BCUT2D eigenvalue weighted by atomic mass is 16.5. The van der Waals surface area contributed by atoms with Gasteiger partial charge in [0.05, 0.1) is 12.1 Å². The third kappa shape index (κ3) is 8.79. The van der Waals surface area contributed by atoms with E-state index in [0.29, 0.717) is 54.6 Å². The molecule has 0 aliphatic rings. The number of carbonyl (C=O) groups excluding carboxylic acids is 2. The lowest BCUT2D eigenvalue weighted by atomic mass is 9.95. The van der Waals surface area contributed by atoms with Gasteiger partial charge < -0.3 is 13.9 Å². The maximum Gasteiger partial charge on any atom is 0.305 e. The molecule has 0 saturated heterocycles. The molecule has 47 heavy (non-hydrogen) atoms. The van der Waals surface area contributed by atoms with Crippen molar-refractivity contribution in [2.24, 2.45) is 11.8 Å². The molecule has 0 aliphatic heterocycles. The summed E-state index contributed by atoms with van der Waals surface area (Å²) in [4.78, 5) is 25.7. The average Bonchev–Trinajstić information content (AvgIpc) is 3.43. The molecule has 2 heterocycles. The number of fused-ring (bicyclic) bond motifs is 1. The highest BCUT2D eigenvalue weighted by Gasteiger charge is 2.20. The first-order valence-electron chi connectivity index (χ1n) is 17.0. The summed E-state index contributed by atoms with van der Waals surface area (Å²) in [6.45, 7) is 11.1. The lowest BCUT2D eigenvalue weighted by Gasteiger charge is -2.21. The highest BCUT2D eigenvalue weighted by Crippen LogP contribution is 2.31. The molecule has 0 saturated carbocycles. The summed E-state index contributed by atoms with van der Waals surface area (Å²) in [6.07, 6.45) is 5.43. The van der Waals surface area contributed by atoms with Crippen LogP contribution in [-0.4, -0.2) is 22.8 Å². The van der Waals surface area contributed by atoms with Crippen molar-refractivity contribution < 1.29 is 19.1 Å². The van der Waals surface area contributed by atoms with Gasteiger partial charge in [0, 0.05) is 29.4 Å². The largest absolute Gasteiger partial charge is 0.481 e. The van der Waals surface area contributed by atoms with Gasteiger partial charge in [-0.2, -0.15) is 0 Å². The molecule has 5 nitrogen and oxygen atoms in total. The fourth-order valence-corrected chi connectivity index (χ4v) is 6.15. The van der Waals surface area contributed by atoms with E-state index in [2.05, 4.69) is 76.2 Å². The van der Waals surface area contributed by atoms with Crippen LogP contribution >= 0.6 is 0 Å². The number of benzene rings is 3. The number of pyridine rings is 1. The summed E-state index contributed by atoms with van der Waals surface area (Å²) in [6, 6.07) is 32.8. The molecular formula is C42H47NO4. The van der Waals surface area contributed by atoms with E-state index in [9.17, 15) is 9.59 Å². The van der Waals surface area contributed by atoms with E-state index >= 15 is 0 Å². The second kappa shape index (κ2) is 15.8. The van der Waals surface area contributed by atoms with E-state index in [1.165, 1.54) is 11.1 Å². The quantitative estimate of drug-likeness (QED) is 0.0855. The number of carbonyl (C=O) groups is 2. The van der Waals surface area contributed by atoms with Gasteiger partial charge in [-0.25, -0.2) is 0 Å². The molecule has 0 spiro atoms. The Morgan fingerprint density at radius 1 is 0.745 bits per heavy atom. The second-order valence-corrected chi connectivity index (χ2v) is 13.2. The lowest BCUT2D eigenvalue weighted by molar-refractivity contribution is -0.143. The van der Waals surface area contributed by atoms with Crippen molar-refractivity contribution in [2.75, 3.05) is 6.61 Å². The first-order valence-corrected chi connectivity index (χ1v) is 17.0. The molecule has 0 radical (unpaired) electrons. The number of ketones is 1. The van der Waals surface area contributed by atoms with Gasteiger partial charge in [-0.1, -0.05) is 82.3 Å². The summed E-state index contributed by atoms with van der Waals surface area (Å²) in [5.74, 6) is 1.65. The normalized spacial score (nSPS) is 11.5. The molecule has 3 aromatic carbocycles. The van der Waals surface area contributed by atoms with E-state index in [1.54, 1.807) is 0 Å². The topological polar surface area (TPSA) is 57.0 Å². The third-order valence-electron chi connectivity index (χ3n) is 8.34. The predicted molar refractivity (Wildman–Crippen MR) is 189 cm³/mol. The minimum atomic E-state index is -0.287. The maximum atomic E-state index is 13.8. The molecule has 5 rings (SSSR count). The van der Waals surface area contributed by atoms with Gasteiger partial charge in [0.2, 0.25) is 0 Å². The van der Waals surface area contributed by atoms with E-state index in [1.807, 2.05) is 66.1 Å². The van der Waals surface area contributed by atoms with Gasteiger partial charge in [-0.15, -0.1) is 0 Å². The van der Waals surface area contributed by atoms with Crippen LogP contribution in [0.3, 0.4) is 0 Å². The molecule has 2 aromatic heterocycles. The van der Waals surface area contributed by atoms with E-state index in [0.717, 1.165) is 35.2 Å². The van der Waals surface area contributed by atoms with Gasteiger partial charge in [-0.05, 0) is 109 Å². The second-order valence-electron chi connectivity index (χ2n) is 13.2. The zero-order chi connectivity index (χ0) is 33.3. The van der Waals surface area contributed by atoms with Crippen molar-refractivity contribution in [3.63, 3.8) is 0 Å². The fourth-order valence-electron chi connectivity index (χ4n) is 6.15. The summed E-state index contributed by atoms with van der Waals surface area (Å²) < 4.78 is 13.8. The number of ether oxygens (including phenoxy) is 2. The van der Waals surface area contributed by atoms with Crippen molar-refractivity contribution in [3.05, 3.63) is 142 Å². The van der Waals surface area contributed by atoms with E-state index in [4.69, 9.17) is 9.47 Å². The Hall–Kier alpha value is -4.64. The van der Waals surface area contributed by atoms with E-state index in [-0.39, 0.29) is 17.9 Å². The zero-order valence-electron chi connectivity index (χ0n) is 28.4. The zero-order valence-corrected chi connectivity index (χ0v) is 28.4. The van der Waals surface area contributed by atoms with Crippen LogP contribution in [0.15, 0.2) is 103 Å². The SMILES string of the molecule is CCOC(=O)CCCc1cc(C(=O)c2ccc(OC(c3ccc(CC(C)C)cc3)c3ccc(CC(C)C)cc3)cc2)c2ccccn12. The number of hydrogen-bond donors (Lipinski definition) is 0. The third-order valence-corrected chi connectivity index (χ3v) is 8.34. The van der Waals surface area contributed by atoms with Crippen molar-refractivity contribution in [1.29, 1.82) is 0 Å². The molecule has 0 aliphatic carbocycles. The molecule has 0 N–H and O–H groups in total. The summed E-state index contributed by atoms with van der Waals surface area (Å²) in [5, 5.41) is 0. The molecule has 0 atom stereocenters. The molecule has 0 bridgehead atoms. The number of hydrogen-bond acceptors (Lipinski definition) is 4. The standard InChI is InChI=1S/C42H47NO4/c1-6-46-40(44)12-9-10-36-28-38(39-11-7-8-25-43(36)39)41(45)33-21-23-37(24-22-33)47-42(34-17-13-31(14-18-34)26-29(2)3)35-19-15-32(16-20-35)27-30(4)5/h7-8,11,13-25,28-30,42H,6,9-10,12,26-27H2,1-5H3. The van der Waals surface area contributed by atoms with Gasteiger partial charge >= 0.3 is 5.97 Å². The number of nitrogens with zero attached hydrogens (tertiary/aromatic N) is 1. The Morgan fingerprint density at radius 3 is 1.89 bits per heavy atom. The summed E-state index contributed by atoms with van der Waals surface area (Å²) in [7, 11) is 0. The Kier molecular flexibility index (Phi) is 11.3. The fraction of sp³-hybridized carbons (Fsp3) is 0.333. The van der Waals surface area contributed by atoms with Crippen LogP contribution in [0, 0.1) is 11.8 Å². The number of esters is 1. The van der Waals surface area contributed by atoms with Gasteiger partial charge in [0.1, 0.15) is 11.9 Å². The Balaban J connectivity index is 1.37. The Labute approximate surface area is 279 Å². The monoisotopic (exact) mass is 629 g/mol. The molecule has 244 valence electrons. The van der Waals surface area contributed by atoms with Crippen LogP contribution in [0.2, 0.25) is 0 Å². The van der Waals surface area contributed by atoms with Gasteiger partial charge in [-0.3, -0.25) is 9.59 Å². The number of aryl methyl sites for hydroxylation is 1. The maximum absolute atomic E-state index is 13.8. The van der Waals surface area contributed by atoms with Gasteiger partial charge in [0.15, 0.2) is 5.78 Å².